The highest BCUT2D eigenvalue weighted by atomic mass is 35.5. The molecule has 0 saturated heterocycles. The first-order chi connectivity index (χ1) is 9.67. The lowest BCUT2D eigenvalue weighted by Crippen LogP contribution is -2.17. The van der Waals surface area contributed by atoms with Crippen molar-refractivity contribution in [2.24, 2.45) is 0 Å². The first-order valence-electron chi connectivity index (χ1n) is 6.18. The van der Waals surface area contributed by atoms with Gasteiger partial charge in [0.25, 0.3) is 0 Å². The molecular formula is C15H13ClN2O2. The predicted octanol–water partition coefficient (Wildman–Crippen LogP) is 3.04. The average molecular weight is 289 g/mol. The Labute approximate surface area is 120 Å². The number of aromatic amines is 1. The monoisotopic (exact) mass is 288 g/mol. The molecule has 20 heavy (non-hydrogen) atoms. The first kappa shape index (κ1) is 12.8. The van der Waals surface area contributed by atoms with Crippen molar-refractivity contribution in [2.45, 2.75) is 6.54 Å². The molecule has 0 amide bonds. The molecule has 0 atom stereocenters. The van der Waals surface area contributed by atoms with Crippen LogP contribution in [0.1, 0.15) is 5.56 Å². The summed E-state index contributed by atoms with van der Waals surface area (Å²) in [6.45, 7) is 0.484. The summed E-state index contributed by atoms with van der Waals surface area (Å²) in [7, 11) is 1.62. The van der Waals surface area contributed by atoms with Crippen LogP contribution in [0.4, 0.5) is 0 Å². The number of nitrogens with zero attached hydrogens (tertiary/aromatic N) is 1. The predicted molar refractivity (Wildman–Crippen MR) is 79.7 cm³/mol. The molecule has 0 fully saturated rings. The first-order valence-corrected chi connectivity index (χ1v) is 6.56. The molecule has 4 nitrogen and oxygen atoms in total. The molecule has 1 heterocycles. The summed E-state index contributed by atoms with van der Waals surface area (Å²) in [5, 5.41) is 0.604. The minimum Gasteiger partial charge on any atom is -0.497 e. The molecule has 0 aliphatic rings. The molecule has 0 radical (unpaired) electrons. The number of imidazole rings is 1. The Morgan fingerprint density at radius 1 is 1.25 bits per heavy atom. The molecule has 0 spiro atoms. The Morgan fingerprint density at radius 3 is 2.90 bits per heavy atom. The van der Waals surface area contributed by atoms with Gasteiger partial charge in [-0.05, 0) is 35.9 Å². The zero-order valence-corrected chi connectivity index (χ0v) is 11.6. The Morgan fingerprint density at radius 2 is 2.10 bits per heavy atom. The van der Waals surface area contributed by atoms with Gasteiger partial charge in [0.05, 0.1) is 24.7 Å². The maximum Gasteiger partial charge on any atom is 0.326 e. The number of aromatic nitrogens is 2. The van der Waals surface area contributed by atoms with Crippen LogP contribution < -0.4 is 10.4 Å². The number of nitrogens with one attached hydrogen (secondary N) is 1. The second-order valence-electron chi connectivity index (χ2n) is 4.53. The average Bonchev–Trinajstić information content (AvgIpc) is 2.74. The third kappa shape index (κ3) is 2.30. The summed E-state index contributed by atoms with van der Waals surface area (Å²) < 4.78 is 6.88. The number of halogens is 1. The van der Waals surface area contributed by atoms with Crippen molar-refractivity contribution in [3.8, 4) is 5.75 Å². The fourth-order valence-electron chi connectivity index (χ4n) is 2.25. The molecule has 1 aromatic heterocycles. The maximum absolute atomic E-state index is 12.0. The Hall–Kier alpha value is -2.20. The molecule has 0 saturated carbocycles. The van der Waals surface area contributed by atoms with E-state index in [2.05, 4.69) is 4.98 Å². The highest BCUT2D eigenvalue weighted by Gasteiger charge is 2.08. The van der Waals surface area contributed by atoms with Crippen molar-refractivity contribution in [3.05, 3.63) is 63.5 Å². The molecule has 0 unspecified atom stereocenters. The fourth-order valence-corrected chi connectivity index (χ4v) is 2.42. The van der Waals surface area contributed by atoms with Crippen LogP contribution >= 0.6 is 11.6 Å². The van der Waals surface area contributed by atoms with Gasteiger partial charge in [0.1, 0.15) is 5.75 Å². The highest BCUT2D eigenvalue weighted by Crippen LogP contribution is 2.18. The lowest BCUT2D eigenvalue weighted by molar-refractivity contribution is 0.414. The molecule has 3 aromatic rings. The number of hydrogen-bond acceptors (Lipinski definition) is 2. The maximum atomic E-state index is 12.0. The van der Waals surface area contributed by atoms with Crippen molar-refractivity contribution < 1.29 is 4.74 Å². The number of H-pyrrole nitrogens is 1. The number of rotatable bonds is 3. The van der Waals surface area contributed by atoms with E-state index in [0.717, 1.165) is 22.3 Å². The third-order valence-electron chi connectivity index (χ3n) is 3.21. The molecule has 5 heteroatoms. The number of methoxy groups -OCH3 is 1. The normalized spacial score (nSPS) is 10.9. The third-order valence-corrected chi connectivity index (χ3v) is 3.45. The molecule has 1 N–H and O–H groups in total. The number of ether oxygens (including phenoxy) is 1. The molecular weight excluding hydrogens is 276 g/mol. The van der Waals surface area contributed by atoms with E-state index in [0.29, 0.717) is 11.6 Å². The number of fused-ring (bicyclic) bond motifs is 1. The fraction of sp³-hybridized carbons (Fsp3) is 0.133. The van der Waals surface area contributed by atoms with Crippen LogP contribution in [0.25, 0.3) is 11.0 Å². The number of benzene rings is 2. The zero-order chi connectivity index (χ0) is 14.1. The van der Waals surface area contributed by atoms with Crippen LogP contribution in [0.3, 0.4) is 0 Å². The zero-order valence-electron chi connectivity index (χ0n) is 10.9. The van der Waals surface area contributed by atoms with Crippen LogP contribution in [0.2, 0.25) is 5.02 Å². The van der Waals surface area contributed by atoms with Crippen molar-refractivity contribution >= 4 is 22.6 Å². The summed E-state index contributed by atoms with van der Waals surface area (Å²) in [5.74, 6) is 0.776. The van der Waals surface area contributed by atoms with Crippen molar-refractivity contribution in [1.29, 1.82) is 0 Å². The molecule has 0 aliphatic carbocycles. The lowest BCUT2D eigenvalue weighted by atomic mass is 10.2. The van der Waals surface area contributed by atoms with Gasteiger partial charge in [0.15, 0.2) is 0 Å². The number of hydrogen-bond donors (Lipinski definition) is 1. The van der Waals surface area contributed by atoms with Gasteiger partial charge in [-0.2, -0.15) is 0 Å². The minimum atomic E-state index is -0.148. The second kappa shape index (κ2) is 5.06. The summed E-state index contributed by atoms with van der Waals surface area (Å²) in [6.07, 6.45) is 0. The topological polar surface area (TPSA) is 47.0 Å². The summed E-state index contributed by atoms with van der Waals surface area (Å²) in [6, 6.07) is 13.0. The Bertz CT molecular complexity index is 820. The van der Waals surface area contributed by atoms with E-state index < -0.39 is 0 Å². The molecule has 102 valence electrons. The molecule has 3 rings (SSSR count). The van der Waals surface area contributed by atoms with Gasteiger partial charge in [0.2, 0.25) is 0 Å². The van der Waals surface area contributed by atoms with Crippen LogP contribution in [-0.4, -0.2) is 16.7 Å². The van der Waals surface area contributed by atoms with E-state index in [1.165, 1.54) is 0 Å². The van der Waals surface area contributed by atoms with E-state index >= 15 is 0 Å². The van der Waals surface area contributed by atoms with E-state index in [1.54, 1.807) is 23.8 Å². The SMILES string of the molecule is COc1cccc(Cn2c(=O)[nH]c3cc(Cl)ccc32)c1. The minimum absolute atomic E-state index is 0.148. The Kier molecular flexibility index (Phi) is 3.24. The van der Waals surface area contributed by atoms with Crippen molar-refractivity contribution in [3.63, 3.8) is 0 Å². The molecule has 0 bridgehead atoms. The largest absolute Gasteiger partial charge is 0.497 e. The van der Waals surface area contributed by atoms with E-state index in [-0.39, 0.29) is 5.69 Å². The van der Waals surface area contributed by atoms with Crippen LogP contribution in [0, 0.1) is 0 Å². The van der Waals surface area contributed by atoms with Crippen molar-refractivity contribution in [1.82, 2.24) is 9.55 Å². The van der Waals surface area contributed by atoms with Gasteiger partial charge in [-0.15, -0.1) is 0 Å². The summed E-state index contributed by atoms with van der Waals surface area (Å²) in [5.41, 5.74) is 2.43. The summed E-state index contributed by atoms with van der Waals surface area (Å²) >= 11 is 5.93. The van der Waals surface area contributed by atoms with Gasteiger partial charge >= 0.3 is 5.69 Å². The van der Waals surface area contributed by atoms with Crippen LogP contribution in [0.5, 0.6) is 5.75 Å². The quantitative estimate of drug-likeness (QED) is 0.805. The smallest absolute Gasteiger partial charge is 0.326 e. The Balaban J connectivity index is 2.06. The van der Waals surface area contributed by atoms with Crippen molar-refractivity contribution in [2.75, 3.05) is 7.11 Å². The van der Waals surface area contributed by atoms with Gasteiger partial charge in [0, 0.05) is 5.02 Å². The highest BCUT2D eigenvalue weighted by molar-refractivity contribution is 6.31. The van der Waals surface area contributed by atoms with Gasteiger partial charge in [-0.25, -0.2) is 4.79 Å². The molecule has 2 aromatic carbocycles. The van der Waals surface area contributed by atoms with Crippen LogP contribution in [0.15, 0.2) is 47.3 Å². The second-order valence-corrected chi connectivity index (χ2v) is 4.97. The van der Waals surface area contributed by atoms with E-state index in [4.69, 9.17) is 16.3 Å². The lowest BCUT2D eigenvalue weighted by Gasteiger charge is -2.06. The van der Waals surface area contributed by atoms with Gasteiger partial charge in [-0.3, -0.25) is 4.57 Å². The molecule has 0 aliphatic heterocycles. The van der Waals surface area contributed by atoms with Crippen LogP contribution in [-0.2, 0) is 6.54 Å². The van der Waals surface area contributed by atoms with Gasteiger partial charge < -0.3 is 9.72 Å². The van der Waals surface area contributed by atoms with E-state index in [9.17, 15) is 4.79 Å². The van der Waals surface area contributed by atoms with Gasteiger partial charge in [-0.1, -0.05) is 23.7 Å². The summed E-state index contributed by atoms with van der Waals surface area (Å²) in [4.78, 5) is 14.9. The van der Waals surface area contributed by atoms with E-state index in [1.807, 2.05) is 30.3 Å². The standard InChI is InChI=1S/C15H13ClN2O2/c1-20-12-4-2-3-10(7-12)9-18-14-6-5-11(16)8-13(14)17-15(18)19/h2-8H,9H2,1H3,(H,17,19).